The quantitative estimate of drug-likeness (QED) is 0.0413. The van der Waals surface area contributed by atoms with E-state index in [1.165, 1.54) is 13.8 Å². The highest BCUT2D eigenvalue weighted by molar-refractivity contribution is 5.79. The molecule has 540 valence electrons. The number of ether oxygens (including phenoxy) is 12. The number of rotatable bonds is 15. The first-order valence-electron chi connectivity index (χ1n) is 33.1. The Morgan fingerprint density at radius 2 is 1.12 bits per heavy atom. The Labute approximate surface area is 543 Å². The van der Waals surface area contributed by atoms with E-state index in [1.807, 2.05) is 6.92 Å². The minimum absolute atomic E-state index is 0.0766. The maximum Gasteiger partial charge on any atom is 0.315 e. The van der Waals surface area contributed by atoms with Gasteiger partial charge in [0.1, 0.15) is 103 Å². The molecule has 5 unspecified atom stereocenters. The van der Waals surface area contributed by atoms with Gasteiger partial charge in [0.15, 0.2) is 37.6 Å². The molecule has 10 fully saturated rings. The molecule has 0 bridgehead atoms. The first kappa shape index (κ1) is 73.3. The highest BCUT2D eigenvalue weighted by atomic mass is 16.8. The zero-order valence-corrected chi connectivity index (χ0v) is 54.2. The summed E-state index contributed by atoms with van der Waals surface area (Å²) in [6, 6.07) is 0. The van der Waals surface area contributed by atoms with E-state index in [9.17, 15) is 91.9 Å². The predicted octanol–water partition coefficient (Wildman–Crippen LogP) is -5.50. The smallest absolute Gasteiger partial charge is 0.315 e. The van der Waals surface area contributed by atoms with Gasteiger partial charge < -0.3 is 149 Å². The second-order valence-corrected chi connectivity index (χ2v) is 30.8. The number of allylic oxidation sites excluding steroid dienone is 2. The van der Waals surface area contributed by atoms with Crippen molar-refractivity contribution in [1.82, 2.24) is 0 Å². The number of esters is 1. The number of aliphatic hydroxyl groups is 18. The Balaban J connectivity index is 0.838. The molecule has 6 heterocycles. The molecule has 94 heavy (non-hydrogen) atoms. The van der Waals surface area contributed by atoms with Crippen LogP contribution in [0.4, 0.5) is 0 Å². The Morgan fingerprint density at radius 1 is 0.532 bits per heavy atom. The standard InChI is InChI=1S/C63H102O31/c1-24-34(71)37(74)39(76)51(86-24)90-44-31(70)20-83-50(41(44)78)89-43-25(2)87-53(42(79)45(43)91-55-48(80)63(82,22-66)23-85-55)92-46-35(72)30(69)19-84-54(46)94-56(81)62-13-11-57(3,4)15-27(62)26-9-10-33-58(5)16-29(68)49(93-52-40(77)38(75)36(73)32(18-64)88-52)59(6,21-65)47(58)28(67)17-61(33,8)60(26,7)12-14-62/h9,24-25,27-55,64-80,82H,10-23H2,1-8H3/t24-,25-,27?,28+,29+,30-,31+,32+,33?,34-,35-,36+,37+,38-,39+,40+,41+,42+,43-,44-,45-,46+,47?,48-,49+,50+,51-,52-,53-,54?,55-,58+,59-,60+,61+,62-,63?/m0/s1. The largest absolute Gasteiger partial charge is 0.432 e. The van der Waals surface area contributed by atoms with Crippen molar-refractivity contribution in [2.45, 2.75) is 284 Å². The first-order valence-corrected chi connectivity index (χ1v) is 33.1. The molecule has 6 saturated heterocycles. The van der Waals surface area contributed by atoms with E-state index in [1.54, 1.807) is 6.92 Å². The van der Waals surface area contributed by atoms with Crippen LogP contribution in [0.3, 0.4) is 0 Å². The normalized spacial score (nSPS) is 55.9. The lowest BCUT2D eigenvalue weighted by Gasteiger charge is -2.72. The van der Waals surface area contributed by atoms with E-state index in [0.29, 0.717) is 32.1 Å². The lowest BCUT2D eigenvalue weighted by molar-refractivity contribution is -0.387. The maximum atomic E-state index is 15.7. The van der Waals surface area contributed by atoms with Crippen molar-refractivity contribution in [1.29, 1.82) is 0 Å². The van der Waals surface area contributed by atoms with Crippen molar-refractivity contribution in [3.63, 3.8) is 0 Å². The molecular weight excluding hydrogens is 1250 g/mol. The molecule has 4 saturated carbocycles. The maximum absolute atomic E-state index is 15.7. The molecule has 0 spiro atoms. The van der Waals surface area contributed by atoms with E-state index in [0.717, 1.165) is 5.57 Å². The molecule has 18 N–H and O–H groups in total. The molecule has 11 aliphatic rings. The van der Waals surface area contributed by atoms with E-state index in [4.69, 9.17) is 56.8 Å². The highest BCUT2D eigenvalue weighted by Crippen LogP contribution is 2.76. The average Bonchev–Trinajstić information content (AvgIpc) is 0.723. The monoisotopic (exact) mass is 1350 g/mol. The van der Waals surface area contributed by atoms with Gasteiger partial charge in [-0.2, -0.15) is 0 Å². The van der Waals surface area contributed by atoms with Gasteiger partial charge in [0.2, 0.25) is 6.29 Å². The third-order valence-corrected chi connectivity index (χ3v) is 24.5. The molecule has 0 aromatic heterocycles. The van der Waals surface area contributed by atoms with E-state index >= 15 is 4.79 Å². The van der Waals surface area contributed by atoms with Crippen LogP contribution in [0.2, 0.25) is 0 Å². The second kappa shape index (κ2) is 26.8. The van der Waals surface area contributed by atoms with Crippen LogP contribution in [-0.4, -0.2) is 315 Å². The van der Waals surface area contributed by atoms with Crippen molar-refractivity contribution in [2.75, 3.05) is 39.6 Å². The van der Waals surface area contributed by atoms with E-state index in [2.05, 4.69) is 33.8 Å². The van der Waals surface area contributed by atoms with Gasteiger partial charge in [-0.05, 0) is 98.7 Å². The molecule has 31 heteroatoms. The summed E-state index contributed by atoms with van der Waals surface area (Å²) in [5.74, 6) is -2.09. The van der Waals surface area contributed by atoms with Gasteiger partial charge in [0.25, 0.3) is 0 Å². The molecule has 5 aliphatic carbocycles. The fraction of sp³-hybridized carbons (Fsp3) is 0.952. The van der Waals surface area contributed by atoms with Gasteiger partial charge in [0.05, 0.1) is 75.6 Å². The predicted molar refractivity (Wildman–Crippen MR) is 311 cm³/mol. The van der Waals surface area contributed by atoms with Gasteiger partial charge in [0, 0.05) is 11.3 Å². The minimum Gasteiger partial charge on any atom is -0.432 e. The summed E-state index contributed by atoms with van der Waals surface area (Å²) in [6.45, 7) is 11.1. The van der Waals surface area contributed by atoms with Crippen LogP contribution in [-0.2, 0) is 61.6 Å². The van der Waals surface area contributed by atoms with Crippen molar-refractivity contribution in [3.8, 4) is 0 Å². The Bertz CT molecular complexity index is 2680. The SMILES string of the molecule is C[C@@H]1O[C@@H](O[C@@H]2[C@@H](O)[C@@H](O[C@@H]3[C@@H](O[C@@H]4OCC(O)(CO)[C@H]4O)[C@@H](O)[C@H](O[C@H]4C(OC(=O)[C@]56CCC(C)(C)CC5C5=CCC7[C@@]8(C)C[C@@H](O)[C@@H](O[C@@H]9O[C@H](CO)[C@@H](O)[C@H](O)[C@H]9O)[C@@](C)(CO)C8[C@H](O)C[C@@]7(C)[C@]5(C)CC6)OC[C@H](O)[C@@H]4O)O[C@H]3C)OC[C@H]2O)[C@H](O)[C@H](O)[C@H]1O. The van der Waals surface area contributed by atoms with Crippen LogP contribution in [0.15, 0.2) is 11.6 Å². The second-order valence-electron chi connectivity index (χ2n) is 30.8. The molecule has 6 aliphatic heterocycles. The van der Waals surface area contributed by atoms with Crippen LogP contribution < -0.4 is 0 Å². The number of fused-ring (bicyclic) bond motifs is 7. The van der Waals surface area contributed by atoms with Crippen molar-refractivity contribution < 1.29 is 154 Å². The third-order valence-electron chi connectivity index (χ3n) is 24.5. The van der Waals surface area contributed by atoms with Gasteiger partial charge in [-0.1, -0.05) is 53.2 Å². The highest BCUT2D eigenvalue weighted by Gasteiger charge is 2.74. The van der Waals surface area contributed by atoms with Gasteiger partial charge in [-0.3, -0.25) is 4.79 Å². The number of carbonyl (C=O) groups excluding carboxylic acids is 1. The number of carbonyl (C=O) groups is 1. The molecule has 0 aromatic carbocycles. The third kappa shape index (κ3) is 12.1. The molecule has 37 atom stereocenters. The lowest BCUT2D eigenvalue weighted by atomic mass is 9.33. The average molecular weight is 1360 g/mol. The summed E-state index contributed by atoms with van der Waals surface area (Å²) in [7, 11) is 0. The zero-order chi connectivity index (χ0) is 68.6. The molecular formula is C63H102O31. The van der Waals surface area contributed by atoms with Crippen LogP contribution in [0.25, 0.3) is 0 Å². The van der Waals surface area contributed by atoms with Crippen molar-refractivity contribution in [2.24, 2.45) is 50.2 Å². The fourth-order valence-corrected chi connectivity index (χ4v) is 18.9. The van der Waals surface area contributed by atoms with Gasteiger partial charge >= 0.3 is 5.97 Å². The summed E-state index contributed by atoms with van der Waals surface area (Å²) in [5, 5.41) is 200. The Morgan fingerprint density at radius 3 is 1.78 bits per heavy atom. The zero-order valence-electron chi connectivity index (χ0n) is 54.2. The van der Waals surface area contributed by atoms with Crippen LogP contribution in [0, 0.1) is 50.2 Å². The summed E-state index contributed by atoms with van der Waals surface area (Å²) in [6.07, 6.45) is -40.9. The number of hydrogen-bond acceptors (Lipinski definition) is 31. The van der Waals surface area contributed by atoms with Gasteiger partial charge in [-0.25, -0.2) is 0 Å². The van der Waals surface area contributed by atoms with Crippen LogP contribution in [0.1, 0.15) is 107 Å². The molecule has 11 rings (SSSR count). The van der Waals surface area contributed by atoms with E-state index in [-0.39, 0.29) is 30.6 Å². The number of aliphatic hydroxyl groups excluding tert-OH is 17. The fourth-order valence-electron chi connectivity index (χ4n) is 18.9. The molecule has 0 amide bonds. The lowest BCUT2D eigenvalue weighted by Crippen LogP contribution is -2.72. The topological polar surface area (TPSA) is 492 Å². The Hall–Kier alpha value is -1.95. The molecule has 0 aromatic rings. The van der Waals surface area contributed by atoms with E-state index < -0.39 is 262 Å². The van der Waals surface area contributed by atoms with Crippen molar-refractivity contribution >= 4 is 5.97 Å². The Kier molecular flexibility index (Phi) is 20.9. The summed E-state index contributed by atoms with van der Waals surface area (Å²) >= 11 is 0. The summed E-state index contributed by atoms with van der Waals surface area (Å²) in [4.78, 5) is 15.7. The first-order chi connectivity index (χ1) is 44.0. The molecule has 0 radical (unpaired) electrons. The summed E-state index contributed by atoms with van der Waals surface area (Å²) in [5.41, 5.74) is -6.39. The van der Waals surface area contributed by atoms with Crippen LogP contribution >= 0.6 is 0 Å². The number of hydrogen-bond donors (Lipinski definition) is 18. The molecule has 31 nitrogen and oxygen atoms in total. The van der Waals surface area contributed by atoms with Crippen molar-refractivity contribution in [3.05, 3.63) is 11.6 Å². The van der Waals surface area contributed by atoms with Gasteiger partial charge in [-0.15, -0.1) is 0 Å². The summed E-state index contributed by atoms with van der Waals surface area (Å²) < 4.78 is 72.0. The van der Waals surface area contributed by atoms with Crippen LogP contribution in [0.5, 0.6) is 0 Å². The minimum atomic E-state index is -2.24.